The SMILES string of the molecule is NNC(Cc1ccc(F)cc1F)c1cccc(Br)c1. The third-order valence-corrected chi connectivity index (χ3v) is 3.38. The van der Waals surface area contributed by atoms with Crippen LogP contribution in [0.25, 0.3) is 0 Å². The van der Waals surface area contributed by atoms with E-state index in [1.54, 1.807) is 0 Å². The fourth-order valence-corrected chi connectivity index (χ4v) is 2.32. The third kappa shape index (κ3) is 3.59. The monoisotopic (exact) mass is 326 g/mol. The van der Waals surface area contributed by atoms with Crippen LogP contribution in [0.3, 0.4) is 0 Å². The van der Waals surface area contributed by atoms with Crippen molar-refractivity contribution in [3.8, 4) is 0 Å². The minimum Gasteiger partial charge on any atom is -0.271 e. The first kappa shape index (κ1) is 14.1. The largest absolute Gasteiger partial charge is 0.271 e. The minimum absolute atomic E-state index is 0.238. The predicted octanol–water partition coefficient (Wildman–Crippen LogP) is 3.47. The van der Waals surface area contributed by atoms with Gasteiger partial charge in [-0.1, -0.05) is 34.1 Å². The number of rotatable bonds is 4. The Morgan fingerprint density at radius 3 is 2.58 bits per heavy atom. The summed E-state index contributed by atoms with van der Waals surface area (Å²) in [6, 6.07) is 10.9. The Hall–Kier alpha value is -1.30. The summed E-state index contributed by atoms with van der Waals surface area (Å²) < 4.78 is 27.4. The number of halogens is 3. The van der Waals surface area contributed by atoms with Crippen LogP contribution in [0.5, 0.6) is 0 Å². The second-order valence-electron chi connectivity index (χ2n) is 4.21. The van der Waals surface area contributed by atoms with Gasteiger partial charge in [-0.05, 0) is 35.7 Å². The summed E-state index contributed by atoms with van der Waals surface area (Å²) in [5, 5.41) is 0. The summed E-state index contributed by atoms with van der Waals surface area (Å²) in [6.45, 7) is 0. The molecule has 2 aromatic carbocycles. The van der Waals surface area contributed by atoms with E-state index < -0.39 is 11.6 Å². The fraction of sp³-hybridized carbons (Fsp3) is 0.143. The van der Waals surface area contributed by atoms with Crippen LogP contribution in [0.15, 0.2) is 46.9 Å². The average Bonchev–Trinajstić information content (AvgIpc) is 2.38. The number of hydrogen-bond donors (Lipinski definition) is 2. The summed E-state index contributed by atoms with van der Waals surface area (Å²) in [7, 11) is 0. The van der Waals surface area contributed by atoms with Gasteiger partial charge < -0.3 is 0 Å². The van der Waals surface area contributed by atoms with Crippen molar-refractivity contribution in [1.29, 1.82) is 0 Å². The highest BCUT2D eigenvalue weighted by Gasteiger charge is 2.14. The number of hydrogen-bond acceptors (Lipinski definition) is 2. The van der Waals surface area contributed by atoms with Crippen LogP contribution in [0, 0.1) is 11.6 Å². The van der Waals surface area contributed by atoms with E-state index in [2.05, 4.69) is 21.4 Å². The van der Waals surface area contributed by atoms with E-state index in [0.29, 0.717) is 12.0 Å². The first-order valence-electron chi connectivity index (χ1n) is 5.75. The van der Waals surface area contributed by atoms with Gasteiger partial charge in [-0.3, -0.25) is 11.3 Å². The molecule has 1 unspecified atom stereocenters. The zero-order valence-corrected chi connectivity index (χ0v) is 11.6. The highest BCUT2D eigenvalue weighted by atomic mass is 79.9. The zero-order chi connectivity index (χ0) is 13.8. The molecule has 3 N–H and O–H groups in total. The standard InChI is InChI=1S/C14H13BrF2N2/c15-11-3-1-2-10(6-11)14(19-18)7-9-4-5-12(16)8-13(9)17/h1-6,8,14,19H,7,18H2. The molecule has 1 atom stereocenters. The first-order valence-corrected chi connectivity index (χ1v) is 6.55. The molecule has 2 nitrogen and oxygen atoms in total. The van der Waals surface area contributed by atoms with E-state index in [9.17, 15) is 8.78 Å². The molecule has 19 heavy (non-hydrogen) atoms. The Labute approximate surface area is 118 Å². The Morgan fingerprint density at radius 2 is 1.95 bits per heavy atom. The smallest absolute Gasteiger partial charge is 0.129 e. The van der Waals surface area contributed by atoms with Gasteiger partial charge >= 0.3 is 0 Å². The van der Waals surface area contributed by atoms with Crippen LogP contribution in [0.1, 0.15) is 17.2 Å². The van der Waals surface area contributed by atoms with Crippen molar-refractivity contribution < 1.29 is 8.78 Å². The lowest BCUT2D eigenvalue weighted by Gasteiger charge is -2.17. The molecule has 0 bridgehead atoms. The van der Waals surface area contributed by atoms with Gasteiger partial charge in [0.2, 0.25) is 0 Å². The predicted molar refractivity (Wildman–Crippen MR) is 74.3 cm³/mol. The Bertz CT molecular complexity index is 575. The molecule has 0 aliphatic rings. The highest BCUT2D eigenvalue weighted by molar-refractivity contribution is 9.10. The van der Waals surface area contributed by atoms with Crippen LogP contribution in [-0.2, 0) is 6.42 Å². The molecule has 0 aliphatic heterocycles. The molecule has 0 radical (unpaired) electrons. The Morgan fingerprint density at radius 1 is 1.16 bits per heavy atom. The Kier molecular flexibility index (Phi) is 4.63. The second-order valence-corrected chi connectivity index (χ2v) is 5.13. The summed E-state index contributed by atoms with van der Waals surface area (Å²) in [5.74, 6) is 4.38. The summed E-state index contributed by atoms with van der Waals surface area (Å²) in [5.41, 5.74) is 4.01. The van der Waals surface area contributed by atoms with E-state index in [1.165, 1.54) is 12.1 Å². The van der Waals surface area contributed by atoms with Crippen LogP contribution in [0.2, 0.25) is 0 Å². The third-order valence-electron chi connectivity index (χ3n) is 2.89. The van der Waals surface area contributed by atoms with Crippen molar-refractivity contribution in [2.24, 2.45) is 5.84 Å². The van der Waals surface area contributed by atoms with Gasteiger partial charge in [0.05, 0.1) is 6.04 Å². The van der Waals surface area contributed by atoms with E-state index in [0.717, 1.165) is 16.1 Å². The minimum atomic E-state index is -0.582. The van der Waals surface area contributed by atoms with Gasteiger partial charge in [-0.2, -0.15) is 0 Å². The van der Waals surface area contributed by atoms with Crippen LogP contribution >= 0.6 is 15.9 Å². The van der Waals surface area contributed by atoms with Gasteiger partial charge in [-0.25, -0.2) is 8.78 Å². The van der Waals surface area contributed by atoms with E-state index in [1.807, 2.05) is 24.3 Å². The van der Waals surface area contributed by atoms with Crippen molar-refractivity contribution in [2.75, 3.05) is 0 Å². The lowest BCUT2D eigenvalue weighted by atomic mass is 9.99. The zero-order valence-electron chi connectivity index (χ0n) is 10.0. The van der Waals surface area contributed by atoms with Crippen molar-refractivity contribution in [3.05, 3.63) is 69.7 Å². The highest BCUT2D eigenvalue weighted by Crippen LogP contribution is 2.22. The molecule has 0 spiro atoms. The molecule has 0 amide bonds. The summed E-state index contributed by atoms with van der Waals surface area (Å²) >= 11 is 3.38. The lowest BCUT2D eigenvalue weighted by Crippen LogP contribution is -2.29. The molecule has 0 fully saturated rings. The second kappa shape index (κ2) is 6.23. The van der Waals surface area contributed by atoms with Crippen LogP contribution in [0.4, 0.5) is 8.78 Å². The molecule has 0 saturated carbocycles. The van der Waals surface area contributed by atoms with E-state index >= 15 is 0 Å². The average molecular weight is 327 g/mol. The first-order chi connectivity index (χ1) is 9.10. The molecule has 2 aromatic rings. The van der Waals surface area contributed by atoms with Gasteiger partial charge in [0, 0.05) is 10.5 Å². The van der Waals surface area contributed by atoms with Crippen molar-refractivity contribution in [2.45, 2.75) is 12.5 Å². The van der Waals surface area contributed by atoms with Gasteiger partial charge in [-0.15, -0.1) is 0 Å². The van der Waals surface area contributed by atoms with Gasteiger partial charge in [0.1, 0.15) is 11.6 Å². The van der Waals surface area contributed by atoms with Crippen molar-refractivity contribution >= 4 is 15.9 Å². The van der Waals surface area contributed by atoms with Crippen molar-refractivity contribution in [1.82, 2.24) is 5.43 Å². The normalized spacial score (nSPS) is 12.4. The molecule has 0 heterocycles. The van der Waals surface area contributed by atoms with Crippen LogP contribution in [-0.4, -0.2) is 0 Å². The summed E-state index contributed by atoms with van der Waals surface area (Å²) in [4.78, 5) is 0. The van der Waals surface area contributed by atoms with Gasteiger partial charge in [0.25, 0.3) is 0 Å². The number of hydrazine groups is 1. The lowest BCUT2D eigenvalue weighted by molar-refractivity contribution is 0.522. The number of nitrogens with one attached hydrogen (secondary N) is 1. The Balaban J connectivity index is 2.24. The molecule has 0 aromatic heterocycles. The summed E-state index contributed by atoms with van der Waals surface area (Å²) in [6.07, 6.45) is 0.346. The molecular weight excluding hydrogens is 314 g/mol. The quantitative estimate of drug-likeness (QED) is 0.667. The maximum Gasteiger partial charge on any atom is 0.129 e. The van der Waals surface area contributed by atoms with Crippen LogP contribution < -0.4 is 11.3 Å². The maximum absolute atomic E-state index is 13.6. The van der Waals surface area contributed by atoms with Crippen molar-refractivity contribution in [3.63, 3.8) is 0 Å². The molecule has 100 valence electrons. The number of benzene rings is 2. The topological polar surface area (TPSA) is 38.0 Å². The van der Waals surface area contributed by atoms with E-state index in [4.69, 9.17) is 5.84 Å². The molecule has 5 heteroatoms. The van der Waals surface area contributed by atoms with E-state index in [-0.39, 0.29) is 6.04 Å². The molecule has 2 rings (SSSR count). The molecule has 0 aliphatic carbocycles. The molecular formula is C14H13BrF2N2. The fourth-order valence-electron chi connectivity index (χ4n) is 1.90. The number of nitrogens with two attached hydrogens (primary N) is 1. The van der Waals surface area contributed by atoms with Gasteiger partial charge in [0.15, 0.2) is 0 Å². The molecule has 0 saturated heterocycles. The maximum atomic E-state index is 13.6.